The van der Waals surface area contributed by atoms with E-state index in [1.807, 2.05) is 26.0 Å². The lowest BCUT2D eigenvalue weighted by atomic mass is 10.1. The van der Waals surface area contributed by atoms with Gasteiger partial charge in [-0.3, -0.25) is 4.79 Å². The molecular formula is C20H20N4O2. The highest BCUT2D eigenvalue weighted by molar-refractivity contribution is 6.02. The lowest BCUT2D eigenvalue weighted by Crippen LogP contribution is -2.14. The molecule has 1 amide bonds. The van der Waals surface area contributed by atoms with E-state index in [0.717, 1.165) is 17.0 Å². The van der Waals surface area contributed by atoms with Gasteiger partial charge in [0.1, 0.15) is 17.3 Å². The molecular weight excluding hydrogens is 328 g/mol. The minimum Gasteiger partial charge on any atom is -0.497 e. The SMILES string of the molecule is COc1ccc(NC(=O)c2cnc(Nc3ccc(C)cc3C)cn2)cc1. The fourth-order valence-corrected chi connectivity index (χ4v) is 2.47. The largest absolute Gasteiger partial charge is 0.497 e. The van der Waals surface area contributed by atoms with Gasteiger partial charge in [0.2, 0.25) is 0 Å². The van der Waals surface area contributed by atoms with Crippen molar-refractivity contribution in [1.82, 2.24) is 9.97 Å². The van der Waals surface area contributed by atoms with Gasteiger partial charge >= 0.3 is 0 Å². The van der Waals surface area contributed by atoms with E-state index in [9.17, 15) is 4.79 Å². The Labute approximate surface area is 152 Å². The number of ether oxygens (including phenoxy) is 1. The number of anilines is 3. The second-order valence-corrected chi connectivity index (χ2v) is 5.91. The Balaban J connectivity index is 1.67. The van der Waals surface area contributed by atoms with E-state index >= 15 is 0 Å². The number of methoxy groups -OCH3 is 1. The van der Waals surface area contributed by atoms with Crippen molar-refractivity contribution in [2.45, 2.75) is 13.8 Å². The molecule has 0 unspecified atom stereocenters. The van der Waals surface area contributed by atoms with Crippen molar-refractivity contribution in [2.24, 2.45) is 0 Å². The summed E-state index contributed by atoms with van der Waals surface area (Å²) in [7, 11) is 1.59. The van der Waals surface area contributed by atoms with Crippen LogP contribution in [0, 0.1) is 13.8 Å². The Kier molecular flexibility index (Phi) is 5.12. The first-order valence-corrected chi connectivity index (χ1v) is 8.17. The van der Waals surface area contributed by atoms with E-state index in [2.05, 4.69) is 26.7 Å². The van der Waals surface area contributed by atoms with E-state index in [4.69, 9.17) is 4.74 Å². The third-order valence-electron chi connectivity index (χ3n) is 3.88. The van der Waals surface area contributed by atoms with Crippen LogP contribution in [0.4, 0.5) is 17.2 Å². The molecule has 0 radical (unpaired) electrons. The zero-order valence-corrected chi connectivity index (χ0v) is 14.9. The van der Waals surface area contributed by atoms with Crippen LogP contribution in [-0.2, 0) is 0 Å². The molecule has 0 spiro atoms. The summed E-state index contributed by atoms with van der Waals surface area (Å²) in [6.07, 6.45) is 2.99. The third kappa shape index (κ3) is 4.16. The normalized spacial score (nSPS) is 10.3. The molecule has 132 valence electrons. The van der Waals surface area contributed by atoms with Crippen LogP contribution in [0.3, 0.4) is 0 Å². The maximum atomic E-state index is 12.3. The Morgan fingerprint density at radius 3 is 2.38 bits per heavy atom. The summed E-state index contributed by atoms with van der Waals surface area (Å²) >= 11 is 0. The number of nitrogens with one attached hydrogen (secondary N) is 2. The minimum absolute atomic E-state index is 0.243. The highest BCUT2D eigenvalue weighted by atomic mass is 16.5. The molecule has 0 atom stereocenters. The lowest BCUT2D eigenvalue weighted by molar-refractivity contribution is 0.102. The van der Waals surface area contributed by atoms with Crippen molar-refractivity contribution >= 4 is 23.1 Å². The molecule has 0 aliphatic carbocycles. The average molecular weight is 348 g/mol. The maximum Gasteiger partial charge on any atom is 0.275 e. The Hall–Kier alpha value is -3.41. The molecule has 3 aromatic rings. The topological polar surface area (TPSA) is 76.1 Å². The lowest BCUT2D eigenvalue weighted by Gasteiger charge is -2.10. The van der Waals surface area contributed by atoms with Crippen LogP contribution in [0.5, 0.6) is 5.75 Å². The number of carbonyl (C=O) groups is 1. The quantitative estimate of drug-likeness (QED) is 0.726. The highest BCUT2D eigenvalue weighted by Crippen LogP contribution is 2.20. The maximum absolute atomic E-state index is 12.3. The number of nitrogens with zero attached hydrogens (tertiary/aromatic N) is 2. The van der Waals surface area contributed by atoms with Crippen LogP contribution < -0.4 is 15.4 Å². The Morgan fingerprint density at radius 2 is 1.77 bits per heavy atom. The molecule has 1 aromatic heterocycles. The van der Waals surface area contributed by atoms with Gasteiger partial charge in [0.05, 0.1) is 19.5 Å². The van der Waals surface area contributed by atoms with Crippen LogP contribution in [0.2, 0.25) is 0 Å². The van der Waals surface area contributed by atoms with Crippen LogP contribution >= 0.6 is 0 Å². The molecule has 0 fully saturated rings. The second kappa shape index (κ2) is 7.65. The first-order valence-electron chi connectivity index (χ1n) is 8.17. The van der Waals surface area contributed by atoms with Gasteiger partial charge in [0.15, 0.2) is 0 Å². The predicted octanol–water partition coefficient (Wildman–Crippen LogP) is 4.10. The molecule has 0 saturated heterocycles. The minimum atomic E-state index is -0.319. The Bertz CT molecular complexity index is 906. The number of carbonyl (C=O) groups excluding carboxylic acids is 1. The van der Waals surface area contributed by atoms with Crippen molar-refractivity contribution in [3.05, 3.63) is 71.7 Å². The molecule has 0 bridgehead atoms. The first-order chi connectivity index (χ1) is 12.5. The zero-order chi connectivity index (χ0) is 18.5. The summed E-state index contributed by atoms with van der Waals surface area (Å²) in [5, 5.41) is 5.99. The van der Waals surface area contributed by atoms with Gasteiger partial charge in [-0.25, -0.2) is 9.97 Å². The van der Waals surface area contributed by atoms with Gasteiger partial charge < -0.3 is 15.4 Å². The van der Waals surface area contributed by atoms with Gasteiger partial charge in [-0.15, -0.1) is 0 Å². The molecule has 0 aliphatic heterocycles. The fraction of sp³-hybridized carbons (Fsp3) is 0.150. The van der Waals surface area contributed by atoms with E-state index in [-0.39, 0.29) is 11.6 Å². The first kappa shape index (κ1) is 17.4. The molecule has 26 heavy (non-hydrogen) atoms. The molecule has 0 saturated carbocycles. The number of rotatable bonds is 5. The second-order valence-electron chi connectivity index (χ2n) is 5.91. The Morgan fingerprint density at radius 1 is 1.00 bits per heavy atom. The number of hydrogen-bond donors (Lipinski definition) is 2. The van der Waals surface area contributed by atoms with E-state index in [1.54, 1.807) is 37.6 Å². The smallest absolute Gasteiger partial charge is 0.275 e. The molecule has 2 N–H and O–H groups in total. The van der Waals surface area contributed by atoms with Gasteiger partial charge in [0, 0.05) is 11.4 Å². The summed E-state index contributed by atoms with van der Waals surface area (Å²) in [6.45, 7) is 4.08. The van der Waals surface area contributed by atoms with Crippen molar-refractivity contribution in [3.63, 3.8) is 0 Å². The predicted molar refractivity (Wildman–Crippen MR) is 102 cm³/mol. The number of benzene rings is 2. The number of hydrogen-bond acceptors (Lipinski definition) is 5. The summed E-state index contributed by atoms with van der Waals surface area (Å²) < 4.78 is 5.09. The monoisotopic (exact) mass is 348 g/mol. The van der Waals surface area contributed by atoms with Crippen LogP contribution in [0.1, 0.15) is 21.6 Å². The van der Waals surface area contributed by atoms with Crippen molar-refractivity contribution in [1.29, 1.82) is 0 Å². The molecule has 3 rings (SSSR count). The van der Waals surface area contributed by atoms with Gasteiger partial charge in [0.25, 0.3) is 5.91 Å². The van der Waals surface area contributed by atoms with E-state index in [1.165, 1.54) is 11.8 Å². The third-order valence-corrected chi connectivity index (χ3v) is 3.88. The molecule has 6 heteroatoms. The van der Waals surface area contributed by atoms with Crippen LogP contribution in [0.15, 0.2) is 54.9 Å². The van der Waals surface area contributed by atoms with E-state index < -0.39 is 0 Å². The summed E-state index contributed by atoms with van der Waals surface area (Å²) in [5.74, 6) is 0.989. The number of aryl methyl sites for hydroxylation is 2. The van der Waals surface area contributed by atoms with Crippen molar-refractivity contribution < 1.29 is 9.53 Å². The van der Waals surface area contributed by atoms with Crippen molar-refractivity contribution in [2.75, 3.05) is 17.7 Å². The standard InChI is InChI=1S/C20H20N4O2/c1-13-4-9-17(14(2)10-13)24-19-12-21-18(11-22-19)20(25)23-15-5-7-16(26-3)8-6-15/h4-12H,1-3H3,(H,22,24)(H,23,25). The van der Waals surface area contributed by atoms with Crippen molar-refractivity contribution in [3.8, 4) is 5.75 Å². The van der Waals surface area contributed by atoms with Gasteiger partial charge in [-0.1, -0.05) is 17.7 Å². The summed E-state index contributed by atoms with van der Waals surface area (Å²) in [6, 6.07) is 13.2. The van der Waals surface area contributed by atoms with Gasteiger partial charge in [-0.2, -0.15) is 0 Å². The van der Waals surface area contributed by atoms with E-state index in [0.29, 0.717) is 11.5 Å². The van der Waals surface area contributed by atoms with Crippen LogP contribution in [0.25, 0.3) is 0 Å². The van der Waals surface area contributed by atoms with Gasteiger partial charge in [-0.05, 0) is 49.7 Å². The molecule has 1 heterocycles. The summed E-state index contributed by atoms with van der Waals surface area (Å²) in [5.41, 5.74) is 4.18. The fourth-order valence-electron chi connectivity index (χ4n) is 2.47. The summed E-state index contributed by atoms with van der Waals surface area (Å²) in [4.78, 5) is 20.7. The zero-order valence-electron chi connectivity index (χ0n) is 14.9. The number of aromatic nitrogens is 2. The molecule has 6 nitrogen and oxygen atoms in total. The number of amides is 1. The van der Waals surface area contributed by atoms with Crippen LogP contribution in [-0.4, -0.2) is 23.0 Å². The molecule has 2 aromatic carbocycles. The average Bonchev–Trinajstić information content (AvgIpc) is 2.65. The highest BCUT2D eigenvalue weighted by Gasteiger charge is 2.09. The molecule has 0 aliphatic rings.